The van der Waals surface area contributed by atoms with Gasteiger partial charge in [-0.05, 0) is 39.2 Å². The van der Waals surface area contributed by atoms with Gasteiger partial charge in [-0.3, -0.25) is 0 Å². The highest BCUT2D eigenvalue weighted by Crippen LogP contribution is 1.99. The van der Waals surface area contributed by atoms with Crippen LogP contribution in [0.2, 0.25) is 0 Å². The molecular weight excluding hydrogens is 227 g/mol. The monoisotopic (exact) mass is 238 g/mol. The Morgan fingerprint density at radius 1 is 1.56 bits per heavy atom. The van der Waals surface area contributed by atoms with Crippen LogP contribution in [-0.2, 0) is 0 Å². The molecule has 0 rings (SSSR count). The number of nitrogens with zero attached hydrogens (tertiary/aromatic N) is 2. The first-order valence-corrected chi connectivity index (χ1v) is 3.74. The molecule has 0 saturated heterocycles. The van der Waals surface area contributed by atoms with Gasteiger partial charge in [-0.25, -0.2) is 0 Å². The summed E-state index contributed by atoms with van der Waals surface area (Å²) in [4.78, 5) is 0. The maximum atomic E-state index is 3.99. The molecule has 9 heavy (non-hydrogen) atoms. The predicted octanol–water partition coefficient (Wildman–Crippen LogP) is 1.87. The van der Waals surface area contributed by atoms with Gasteiger partial charge in [0.15, 0.2) is 0 Å². The van der Waals surface area contributed by atoms with Crippen molar-refractivity contribution in [3.8, 4) is 0 Å². The van der Waals surface area contributed by atoms with Crippen molar-refractivity contribution in [1.29, 1.82) is 0 Å². The first-order valence-electron chi connectivity index (χ1n) is 2.66. The average Bonchev–Trinajstić information content (AvgIpc) is 1.63. The van der Waals surface area contributed by atoms with Crippen molar-refractivity contribution in [2.45, 2.75) is 6.92 Å². The van der Waals surface area contributed by atoms with Crippen LogP contribution in [0.4, 0.5) is 0 Å². The number of hydrazone groups is 1. The third kappa shape index (κ3) is 7.94. The molecule has 0 unspecified atom stereocenters. The summed E-state index contributed by atoms with van der Waals surface area (Å²) >= 11 is 2.24. The van der Waals surface area contributed by atoms with Gasteiger partial charge in [0, 0.05) is 20.3 Å². The molecule has 0 radical (unpaired) electrons. The molecule has 3 heteroatoms. The van der Waals surface area contributed by atoms with Gasteiger partial charge in [-0.1, -0.05) is 0 Å². The second-order valence-corrected chi connectivity index (χ2v) is 3.57. The second kappa shape index (κ2) is 4.78. The Morgan fingerprint density at radius 3 is 2.44 bits per heavy atom. The van der Waals surface area contributed by atoms with E-state index in [0.717, 1.165) is 0 Å². The Labute approximate surface area is 69.8 Å². The van der Waals surface area contributed by atoms with Gasteiger partial charge < -0.3 is 5.01 Å². The van der Waals surface area contributed by atoms with Gasteiger partial charge in [0.05, 0.1) is 0 Å². The lowest BCUT2D eigenvalue weighted by Crippen LogP contribution is -2.00. The van der Waals surface area contributed by atoms with Crippen LogP contribution in [0.1, 0.15) is 6.92 Å². The third-order valence-corrected chi connectivity index (χ3v) is 0.961. The third-order valence-electron chi connectivity index (χ3n) is 0.602. The molecule has 0 saturated carbocycles. The van der Waals surface area contributed by atoms with E-state index >= 15 is 0 Å². The minimum atomic E-state index is 1.23. The highest BCUT2D eigenvalue weighted by molar-refractivity contribution is 14.1. The van der Waals surface area contributed by atoms with E-state index in [1.165, 1.54) is 3.58 Å². The minimum Gasteiger partial charge on any atom is -0.303 e. The standard InChI is InChI=1S/C6H11IN2/c1-6(7)4-5-8-9(2)3/h4-5H,1-3H3. The number of hydrogen-bond acceptors (Lipinski definition) is 2. The molecule has 0 N–H and O–H groups in total. The summed E-state index contributed by atoms with van der Waals surface area (Å²) in [6.45, 7) is 2.03. The predicted molar refractivity (Wildman–Crippen MR) is 50.0 cm³/mol. The molecule has 52 valence electrons. The zero-order valence-electron chi connectivity index (χ0n) is 5.93. The van der Waals surface area contributed by atoms with E-state index in [2.05, 4.69) is 27.7 Å². The fraction of sp³-hybridized carbons (Fsp3) is 0.500. The van der Waals surface area contributed by atoms with Crippen molar-refractivity contribution in [3.05, 3.63) is 9.66 Å². The van der Waals surface area contributed by atoms with Crippen molar-refractivity contribution in [2.24, 2.45) is 5.10 Å². The fourth-order valence-electron chi connectivity index (χ4n) is 0.269. The van der Waals surface area contributed by atoms with E-state index in [1.807, 2.05) is 27.1 Å². The van der Waals surface area contributed by atoms with Crippen molar-refractivity contribution in [1.82, 2.24) is 5.01 Å². The van der Waals surface area contributed by atoms with Crippen molar-refractivity contribution in [2.75, 3.05) is 14.1 Å². The molecule has 2 nitrogen and oxygen atoms in total. The lowest BCUT2D eigenvalue weighted by molar-refractivity contribution is 0.440. The largest absolute Gasteiger partial charge is 0.303 e. The summed E-state index contributed by atoms with van der Waals surface area (Å²) in [5, 5.41) is 5.75. The lowest BCUT2D eigenvalue weighted by Gasteiger charge is -1.99. The number of hydrogen-bond donors (Lipinski definition) is 0. The molecule has 0 fully saturated rings. The van der Waals surface area contributed by atoms with E-state index in [1.54, 1.807) is 11.2 Å². The molecule has 0 bridgehead atoms. The molecule has 0 aromatic heterocycles. The van der Waals surface area contributed by atoms with Gasteiger partial charge in [-0.15, -0.1) is 0 Å². The smallest absolute Gasteiger partial charge is 0.0477 e. The van der Waals surface area contributed by atoms with Crippen molar-refractivity contribution in [3.63, 3.8) is 0 Å². The molecular formula is C6H11IN2. The van der Waals surface area contributed by atoms with Gasteiger partial charge in [0.25, 0.3) is 0 Å². The Balaban J connectivity index is 3.60. The number of rotatable bonds is 2. The first kappa shape index (κ1) is 8.94. The highest BCUT2D eigenvalue weighted by Gasteiger charge is 1.74. The molecule has 0 heterocycles. The van der Waals surface area contributed by atoms with Gasteiger partial charge in [0.2, 0.25) is 0 Å². The SMILES string of the molecule is CC(I)=CC=NN(C)C. The summed E-state index contributed by atoms with van der Waals surface area (Å²) in [7, 11) is 3.79. The molecule has 0 atom stereocenters. The lowest BCUT2D eigenvalue weighted by atomic mass is 10.6. The second-order valence-electron chi connectivity index (χ2n) is 1.87. The summed E-state index contributed by atoms with van der Waals surface area (Å²) in [6, 6.07) is 0. The van der Waals surface area contributed by atoms with Crippen LogP contribution < -0.4 is 0 Å². The highest BCUT2D eigenvalue weighted by atomic mass is 127. The van der Waals surface area contributed by atoms with Gasteiger partial charge >= 0.3 is 0 Å². The normalized spacial score (nSPS) is 12.7. The number of allylic oxidation sites excluding steroid dienone is 2. The molecule has 0 amide bonds. The summed E-state index contributed by atoms with van der Waals surface area (Å²) in [6.07, 6.45) is 3.74. The van der Waals surface area contributed by atoms with Crippen LogP contribution in [0.5, 0.6) is 0 Å². The molecule has 0 aliphatic carbocycles. The summed E-state index contributed by atoms with van der Waals surface area (Å²) < 4.78 is 1.23. The molecule has 0 aliphatic rings. The maximum absolute atomic E-state index is 3.99. The van der Waals surface area contributed by atoms with Crippen LogP contribution >= 0.6 is 22.6 Å². The van der Waals surface area contributed by atoms with E-state index < -0.39 is 0 Å². The maximum Gasteiger partial charge on any atom is 0.0477 e. The Kier molecular flexibility index (Phi) is 4.75. The minimum absolute atomic E-state index is 1.23. The quantitative estimate of drug-likeness (QED) is 0.407. The van der Waals surface area contributed by atoms with E-state index in [0.29, 0.717) is 0 Å². The fourth-order valence-corrected chi connectivity index (χ4v) is 0.430. The van der Waals surface area contributed by atoms with Crippen molar-refractivity contribution >= 4 is 28.8 Å². The van der Waals surface area contributed by atoms with Crippen LogP contribution in [0.25, 0.3) is 0 Å². The molecule has 0 aliphatic heterocycles. The van der Waals surface area contributed by atoms with Crippen LogP contribution in [0.15, 0.2) is 14.8 Å². The van der Waals surface area contributed by atoms with Gasteiger partial charge in [-0.2, -0.15) is 5.10 Å². The van der Waals surface area contributed by atoms with E-state index in [-0.39, 0.29) is 0 Å². The van der Waals surface area contributed by atoms with Crippen LogP contribution in [-0.4, -0.2) is 25.3 Å². The Morgan fingerprint density at radius 2 is 2.11 bits per heavy atom. The van der Waals surface area contributed by atoms with E-state index in [9.17, 15) is 0 Å². The van der Waals surface area contributed by atoms with Crippen LogP contribution in [0.3, 0.4) is 0 Å². The van der Waals surface area contributed by atoms with Crippen LogP contribution in [0, 0.1) is 0 Å². The molecule has 0 spiro atoms. The molecule has 0 aromatic rings. The van der Waals surface area contributed by atoms with Crippen molar-refractivity contribution < 1.29 is 0 Å². The van der Waals surface area contributed by atoms with E-state index in [4.69, 9.17) is 0 Å². The summed E-state index contributed by atoms with van der Waals surface area (Å²) in [5.41, 5.74) is 0. The molecule has 0 aromatic carbocycles. The average molecular weight is 238 g/mol. The topological polar surface area (TPSA) is 15.6 Å². The Hall–Kier alpha value is -0.0600. The van der Waals surface area contributed by atoms with Gasteiger partial charge in [0.1, 0.15) is 0 Å². The Bertz CT molecular complexity index is 123. The zero-order valence-corrected chi connectivity index (χ0v) is 8.08. The number of halogens is 1. The zero-order chi connectivity index (χ0) is 7.28. The summed E-state index contributed by atoms with van der Waals surface area (Å²) in [5.74, 6) is 0. The first-order chi connectivity index (χ1) is 4.13.